The predicted octanol–water partition coefficient (Wildman–Crippen LogP) is 9.38. The Morgan fingerprint density at radius 2 is 0.635 bits per heavy atom. The van der Waals surface area contributed by atoms with Crippen molar-refractivity contribution in [2.75, 3.05) is 65.8 Å². The second kappa shape index (κ2) is 44.9. The lowest BCUT2D eigenvalue weighted by Gasteiger charge is -2.36. The molecule has 7 aromatic rings. The zero-order valence-corrected chi connectivity index (χ0v) is 81.1. The molecule has 5 amide bonds. The Morgan fingerprint density at radius 3 is 0.920 bits per heavy atom. The summed E-state index contributed by atoms with van der Waals surface area (Å²) in [6, 6.07) is 36.4. The molecule has 17 rings (SSSR count). The molecule has 5 fully saturated rings. The number of amidine groups is 5. The lowest BCUT2D eigenvalue weighted by molar-refractivity contribution is -0.136. The van der Waals surface area contributed by atoms with Crippen LogP contribution in [-0.4, -0.2) is 226 Å². The van der Waals surface area contributed by atoms with Crippen LogP contribution in [-0.2, 0) is 93.3 Å². The first kappa shape index (κ1) is 102. The number of aromatic hydroxyl groups is 1. The van der Waals surface area contributed by atoms with Crippen LogP contribution in [0.1, 0.15) is 225 Å². The van der Waals surface area contributed by atoms with Crippen LogP contribution in [0.4, 0.5) is 4.39 Å². The molecular weight excluding hydrogens is 1870 g/mol. The Hall–Kier alpha value is -12.3. The van der Waals surface area contributed by atoms with Gasteiger partial charge in [-0.3, -0.25) is 24.0 Å². The number of sulfonamides is 5. The summed E-state index contributed by atoms with van der Waals surface area (Å²) in [6.45, 7) is 12.3. The highest BCUT2D eigenvalue weighted by Gasteiger charge is 2.38. The van der Waals surface area contributed by atoms with Crippen molar-refractivity contribution < 1.29 is 99.2 Å². The number of amides is 5. The first-order valence-electron chi connectivity index (χ1n) is 46.0. The van der Waals surface area contributed by atoms with E-state index in [1.165, 1.54) is 18.2 Å². The second-order valence-corrected chi connectivity index (χ2v) is 43.4. The molecule has 1 unspecified atom stereocenters. The normalized spacial score (nSPS) is 21.1. The fraction of sp³-hybridized carbons (Fsp3) is 0.453. The van der Waals surface area contributed by atoms with Gasteiger partial charge in [0.05, 0.1) is 92.4 Å². The van der Waals surface area contributed by atoms with Crippen LogP contribution in [0.25, 0.3) is 0 Å². The molecule has 0 aliphatic carbocycles. The van der Waals surface area contributed by atoms with E-state index in [0.29, 0.717) is 136 Å². The van der Waals surface area contributed by atoms with Crippen molar-refractivity contribution in [2.24, 2.45) is 50.7 Å². The molecule has 10 aliphatic rings. The summed E-state index contributed by atoms with van der Waals surface area (Å²) in [6.07, 6.45) is 16.9. The van der Waals surface area contributed by atoms with Gasteiger partial charge in [-0.2, -0.15) is 0 Å². The number of carbonyl (C=O) groups excluding carboxylic acids is 5. The maximum atomic E-state index is 14.1. The average molecular weight is 1990 g/mol. The second-order valence-electron chi connectivity index (χ2n) is 35.2. The van der Waals surface area contributed by atoms with Crippen molar-refractivity contribution in [3.8, 4) is 34.5 Å². The van der Waals surface area contributed by atoms with Crippen molar-refractivity contribution in [1.82, 2.24) is 24.5 Å². The summed E-state index contributed by atoms with van der Waals surface area (Å²) in [4.78, 5) is 71.6. The van der Waals surface area contributed by atoms with Crippen LogP contribution in [0, 0.1) is 12.7 Å². The molecular formula is C95H118FN15O21S5. The van der Waals surface area contributed by atoms with Crippen molar-refractivity contribution >= 4 is 109 Å². The van der Waals surface area contributed by atoms with Gasteiger partial charge < -0.3 is 82.0 Å². The smallest absolute Gasteiger partial charge is 0.259 e. The van der Waals surface area contributed by atoms with Crippen LogP contribution >= 0.6 is 0 Å². The molecule has 0 saturated carbocycles. The number of benzene rings is 7. The summed E-state index contributed by atoms with van der Waals surface area (Å²) in [5, 5.41) is 9.87. The van der Waals surface area contributed by atoms with E-state index < -0.39 is 55.9 Å². The average Bonchev–Trinajstić information content (AvgIpc) is 0.790. The summed E-state index contributed by atoms with van der Waals surface area (Å²) < 4.78 is 180. The fourth-order valence-electron chi connectivity index (χ4n) is 18.6. The summed E-state index contributed by atoms with van der Waals surface area (Å²) >= 11 is 0. The standard InChI is InChI=1S/C22H25N3O5S.C21H22FN3O4S.2C18H25N3O4S.C16H21N3O4S/c1-14-9-16(11-18(26)10-14)22(27)25-8-3-2-6-17(25)12-30-19-7-4-5-15-13-31(28,29)24-21(23)20(15)19;22-17-9-2-1-8-16(17)21(26)25-11-4-3-7-15(25)12-29-18-10-5-6-14-13-30(27,28)24-20(23)19(14)18;2*1-2-6-16(22)21-10-4-3-8-14(21)11-25-15-9-5-7-13-12-26(23,24)20-18(19)17(13)15;1-11(20)19-8-3-2-6-13(19)9-23-14-7-4-5-12-10-24(21,22)18-16(17)15(12)14/h4-5,7,9-11,17,26H,2-3,6,8,12-13H2,1H3,(H2,23,24);1-2,5-6,8-10,15H,3-4,7,11-13H2,(H2,23,24);2*5,7,9,14H,2-4,6,8,10-12H2,1H3,(H2,19,20);4-5,7,13H,2-3,6,8-10H2,1H3,(H2,17,18)/t17-;15-;14-;;13-/m111.1/s1. The third-order valence-corrected chi connectivity index (χ3v) is 30.7. The molecule has 42 heteroatoms. The third-order valence-electron chi connectivity index (χ3n) is 24.9. The largest absolute Gasteiger partial charge is 0.508 e. The quantitative estimate of drug-likeness (QED) is 0.0390. The summed E-state index contributed by atoms with van der Waals surface area (Å²) in [5.41, 5.74) is 36.1. The lowest BCUT2D eigenvalue weighted by atomic mass is 10.0. The predicted molar refractivity (Wildman–Crippen MR) is 517 cm³/mol. The van der Waals surface area contributed by atoms with Gasteiger partial charge in [-0.05, 0) is 210 Å². The van der Waals surface area contributed by atoms with Gasteiger partial charge in [0.2, 0.25) is 17.7 Å². The maximum Gasteiger partial charge on any atom is 0.259 e. The van der Waals surface area contributed by atoms with E-state index in [0.717, 1.165) is 134 Å². The highest BCUT2D eigenvalue weighted by Crippen LogP contribution is 2.37. The minimum atomic E-state index is -3.63. The third kappa shape index (κ3) is 26.2. The Balaban J connectivity index is 0.000000145. The van der Waals surface area contributed by atoms with Gasteiger partial charge in [-0.25, -0.2) is 46.5 Å². The minimum absolute atomic E-state index is 0.0255. The molecule has 7 aromatic carbocycles. The Labute approximate surface area is 798 Å². The number of piperidine rings is 5. The van der Waals surface area contributed by atoms with E-state index in [4.69, 9.17) is 52.4 Å². The molecule has 0 bridgehead atoms. The van der Waals surface area contributed by atoms with Gasteiger partial charge in [0.15, 0.2) is 0 Å². The number of halogens is 1. The van der Waals surface area contributed by atoms with Crippen LogP contribution in [0.3, 0.4) is 0 Å². The van der Waals surface area contributed by atoms with Gasteiger partial charge in [-0.1, -0.05) is 86.6 Å². The number of ether oxygens (including phenoxy) is 5. The Bertz CT molecular complexity index is 6320. The van der Waals surface area contributed by atoms with E-state index in [2.05, 4.69) is 22.0 Å². The van der Waals surface area contributed by atoms with Gasteiger partial charge in [0.1, 0.15) is 103 Å². The minimum Gasteiger partial charge on any atom is -0.508 e. The molecule has 137 heavy (non-hydrogen) atoms. The first-order valence-corrected chi connectivity index (χ1v) is 54.0. The van der Waals surface area contributed by atoms with Crippen molar-refractivity contribution in [2.45, 2.75) is 209 Å². The monoisotopic (exact) mass is 1980 g/mol. The van der Waals surface area contributed by atoms with Crippen molar-refractivity contribution in [1.29, 1.82) is 0 Å². The number of nitrogens with zero attached hydrogens (tertiary/aromatic N) is 10. The van der Waals surface area contributed by atoms with Gasteiger partial charge >= 0.3 is 0 Å². The molecule has 0 aromatic heterocycles. The molecule has 5 saturated heterocycles. The summed E-state index contributed by atoms with van der Waals surface area (Å²) in [5.74, 6) is 0.556. The number of aryl methyl sites for hydroxylation is 1. The molecule has 10 heterocycles. The molecule has 10 aliphatic heterocycles. The summed E-state index contributed by atoms with van der Waals surface area (Å²) in [7, 11) is -18.0. The molecule has 736 valence electrons. The van der Waals surface area contributed by atoms with Crippen LogP contribution in [0.2, 0.25) is 0 Å². The number of phenols is 1. The molecule has 5 atom stereocenters. The topological polar surface area (TPSA) is 531 Å². The van der Waals surface area contributed by atoms with Gasteiger partial charge in [-0.15, -0.1) is 22.0 Å². The number of phenolic OH excluding ortho intramolecular Hbond substituents is 1. The molecule has 11 N–H and O–H groups in total. The van der Waals surface area contributed by atoms with Crippen molar-refractivity contribution in [3.63, 3.8) is 0 Å². The molecule has 36 nitrogen and oxygen atoms in total. The number of nitrogens with two attached hydrogens (primary N) is 5. The SMILES string of the molecule is CC(=O)N1CCCC[C@@H]1COc1cccc2c1C(N)=NS(=O)(=O)C2.CCCC(=O)N1CCCCC1COc1cccc2c1C(N)=NS(=O)(=O)C2.CCCC(=O)N1CCCC[C@@H]1COc1cccc2c1C(N)=NS(=O)(=O)C2.Cc1cc(O)cc(C(=O)N2CCCC[C@@H]2COc2cccc3c2C(N)=NS(=O)(=O)C3)c1.NC1=NS(=O)(=O)Cc2cccc(OC[C@H]3CCCCN3C(=O)c3ccccc3F)c21. The highest BCUT2D eigenvalue weighted by molar-refractivity contribution is 7.90. The van der Waals surface area contributed by atoms with E-state index >= 15 is 0 Å². The van der Waals surface area contributed by atoms with E-state index in [1.807, 2.05) is 35.5 Å². The zero-order chi connectivity index (χ0) is 98.3. The number of rotatable bonds is 21. The van der Waals surface area contributed by atoms with Gasteiger partial charge in [0, 0.05) is 58.1 Å². The van der Waals surface area contributed by atoms with Crippen LogP contribution in [0.15, 0.2) is 155 Å². The first-order chi connectivity index (χ1) is 65.3. The number of hydrogen-bond acceptors (Lipinski definition) is 26. The van der Waals surface area contributed by atoms with Crippen LogP contribution in [0.5, 0.6) is 34.5 Å². The highest BCUT2D eigenvalue weighted by atomic mass is 32.2. The zero-order valence-electron chi connectivity index (χ0n) is 77.0. The fourth-order valence-corrected chi connectivity index (χ4v) is 24.1. The Morgan fingerprint density at radius 1 is 0.365 bits per heavy atom. The lowest BCUT2D eigenvalue weighted by Crippen LogP contribution is -2.47. The maximum absolute atomic E-state index is 14.1. The number of likely N-dealkylation sites (tertiary alicyclic amines) is 5. The van der Waals surface area contributed by atoms with Gasteiger partial charge in [0.25, 0.3) is 61.9 Å². The Kier molecular flexibility index (Phi) is 33.5. The number of carbonyl (C=O) groups is 5. The number of fused-ring (bicyclic) bond motifs is 5. The van der Waals surface area contributed by atoms with Crippen LogP contribution < -0.4 is 52.4 Å². The number of hydrogen-bond donors (Lipinski definition) is 6. The molecule has 0 radical (unpaired) electrons. The van der Waals surface area contributed by atoms with Crippen molar-refractivity contribution in [3.05, 3.63) is 212 Å². The van der Waals surface area contributed by atoms with E-state index in [-0.39, 0.29) is 142 Å². The molecule has 0 spiro atoms. The van der Waals surface area contributed by atoms with E-state index in [1.54, 1.807) is 132 Å². The van der Waals surface area contributed by atoms with E-state index in [9.17, 15) is 75.6 Å².